The van der Waals surface area contributed by atoms with Gasteiger partial charge in [-0.2, -0.15) is 13.2 Å². The lowest BCUT2D eigenvalue weighted by atomic mass is 9.95. The molecule has 1 aliphatic rings. The number of alkyl halides is 3. The first-order valence-corrected chi connectivity index (χ1v) is 6.36. The number of nitrogens with zero attached hydrogens (tertiary/aromatic N) is 1. The highest BCUT2D eigenvalue weighted by atomic mass is 19.4. The van der Waals surface area contributed by atoms with E-state index in [2.05, 4.69) is 10.3 Å². The highest BCUT2D eigenvalue weighted by Gasteiger charge is 2.32. The Bertz CT molecular complexity index is 399. The third kappa shape index (κ3) is 3.45. The molecule has 0 saturated carbocycles. The number of hydrogen-bond donors (Lipinski definition) is 1. The second-order valence-electron chi connectivity index (χ2n) is 4.63. The van der Waals surface area contributed by atoms with Gasteiger partial charge in [0.05, 0.1) is 23.9 Å². The van der Waals surface area contributed by atoms with E-state index in [1.807, 2.05) is 6.92 Å². The van der Waals surface area contributed by atoms with Crippen molar-refractivity contribution in [1.82, 2.24) is 10.3 Å². The number of nitrogens with one attached hydrogen (secondary N) is 1. The molecule has 1 N–H and O–H groups in total. The molecule has 1 aromatic heterocycles. The number of ether oxygens (including phenoxy) is 1. The lowest BCUT2D eigenvalue weighted by molar-refractivity contribution is -0.137. The van der Waals surface area contributed by atoms with Crippen molar-refractivity contribution >= 4 is 0 Å². The average molecular weight is 274 g/mol. The molecule has 0 spiro atoms. The van der Waals surface area contributed by atoms with Crippen molar-refractivity contribution in [3.63, 3.8) is 0 Å². The van der Waals surface area contributed by atoms with Gasteiger partial charge in [-0.15, -0.1) is 0 Å². The molecule has 6 heteroatoms. The monoisotopic (exact) mass is 274 g/mol. The third-order valence-electron chi connectivity index (χ3n) is 3.29. The molecule has 0 aromatic carbocycles. The lowest BCUT2D eigenvalue weighted by Crippen LogP contribution is -2.29. The van der Waals surface area contributed by atoms with Crippen molar-refractivity contribution in [1.29, 1.82) is 0 Å². The normalized spacial score (nSPS) is 21.6. The van der Waals surface area contributed by atoms with Gasteiger partial charge in [0.15, 0.2) is 0 Å². The highest BCUT2D eigenvalue weighted by molar-refractivity contribution is 5.19. The molecule has 1 aliphatic heterocycles. The van der Waals surface area contributed by atoms with Crippen LogP contribution in [0.3, 0.4) is 0 Å². The van der Waals surface area contributed by atoms with Crippen LogP contribution in [0.1, 0.15) is 30.6 Å². The molecular formula is C13H17F3N2O. The van der Waals surface area contributed by atoms with Crippen LogP contribution in [0.15, 0.2) is 18.3 Å². The van der Waals surface area contributed by atoms with Gasteiger partial charge in [0.1, 0.15) is 0 Å². The Morgan fingerprint density at radius 2 is 2.26 bits per heavy atom. The molecule has 0 radical (unpaired) electrons. The molecule has 2 unspecified atom stereocenters. The minimum Gasteiger partial charge on any atom is -0.381 e. The number of pyridine rings is 1. The minimum absolute atomic E-state index is 0.0465. The van der Waals surface area contributed by atoms with Crippen LogP contribution in [-0.4, -0.2) is 24.7 Å². The van der Waals surface area contributed by atoms with Gasteiger partial charge in [0.2, 0.25) is 0 Å². The summed E-state index contributed by atoms with van der Waals surface area (Å²) >= 11 is 0. The molecule has 1 saturated heterocycles. The second-order valence-corrected chi connectivity index (χ2v) is 4.63. The standard InChI is InChI=1S/C13H17F3N2O/c1-2-17-12(9-5-6-19-8-9)11-4-3-10(7-18-11)13(14,15)16/h3-4,7,9,12,17H,2,5-6,8H2,1H3. The quantitative estimate of drug-likeness (QED) is 0.916. The van der Waals surface area contributed by atoms with E-state index in [9.17, 15) is 13.2 Å². The summed E-state index contributed by atoms with van der Waals surface area (Å²) in [6.45, 7) is 4.03. The van der Waals surface area contributed by atoms with E-state index in [-0.39, 0.29) is 12.0 Å². The van der Waals surface area contributed by atoms with Crippen LogP contribution in [0.2, 0.25) is 0 Å². The van der Waals surface area contributed by atoms with Crippen molar-refractivity contribution < 1.29 is 17.9 Å². The Labute approximate surface area is 110 Å². The maximum atomic E-state index is 12.5. The first-order chi connectivity index (χ1) is 9.02. The van der Waals surface area contributed by atoms with Crippen molar-refractivity contribution in [3.05, 3.63) is 29.6 Å². The summed E-state index contributed by atoms with van der Waals surface area (Å²) in [5.74, 6) is 0.268. The van der Waals surface area contributed by atoms with Gasteiger partial charge in [0, 0.05) is 18.7 Å². The van der Waals surface area contributed by atoms with E-state index in [1.54, 1.807) is 0 Å². The zero-order valence-corrected chi connectivity index (χ0v) is 10.7. The summed E-state index contributed by atoms with van der Waals surface area (Å²) in [4.78, 5) is 3.97. The van der Waals surface area contributed by atoms with Crippen LogP contribution in [0.5, 0.6) is 0 Å². The molecule has 1 aromatic rings. The van der Waals surface area contributed by atoms with Crippen LogP contribution in [0, 0.1) is 5.92 Å². The lowest BCUT2D eigenvalue weighted by Gasteiger charge is -2.23. The zero-order valence-electron chi connectivity index (χ0n) is 10.7. The molecule has 2 rings (SSSR count). The molecule has 0 bridgehead atoms. The summed E-state index contributed by atoms with van der Waals surface area (Å²) in [7, 11) is 0. The molecule has 2 atom stereocenters. The molecule has 0 amide bonds. The van der Waals surface area contributed by atoms with Gasteiger partial charge in [-0.1, -0.05) is 6.92 Å². The number of halogens is 3. The molecular weight excluding hydrogens is 257 g/mol. The fourth-order valence-electron chi connectivity index (χ4n) is 2.31. The van der Waals surface area contributed by atoms with Crippen molar-refractivity contribution in [2.45, 2.75) is 25.6 Å². The Morgan fingerprint density at radius 1 is 1.47 bits per heavy atom. The molecule has 0 aliphatic carbocycles. The van der Waals surface area contributed by atoms with Gasteiger partial charge >= 0.3 is 6.18 Å². The van der Waals surface area contributed by atoms with Gasteiger partial charge < -0.3 is 10.1 Å². The Morgan fingerprint density at radius 3 is 2.74 bits per heavy atom. The maximum absolute atomic E-state index is 12.5. The number of aromatic nitrogens is 1. The Balaban J connectivity index is 2.17. The summed E-state index contributed by atoms with van der Waals surface area (Å²) < 4.78 is 42.8. The summed E-state index contributed by atoms with van der Waals surface area (Å²) in [5, 5.41) is 3.28. The van der Waals surface area contributed by atoms with Crippen LogP contribution >= 0.6 is 0 Å². The molecule has 19 heavy (non-hydrogen) atoms. The minimum atomic E-state index is -4.34. The van der Waals surface area contributed by atoms with E-state index < -0.39 is 11.7 Å². The van der Waals surface area contributed by atoms with Crippen LogP contribution in [-0.2, 0) is 10.9 Å². The van der Waals surface area contributed by atoms with Gasteiger partial charge in [-0.25, -0.2) is 0 Å². The van der Waals surface area contributed by atoms with Gasteiger partial charge in [0.25, 0.3) is 0 Å². The summed E-state index contributed by atoms with van der Waals surface area (Å²) in [6, 6.07) is 2.49. The highest BCUT2D eigenvalue weighted by Crippen LogP contribution is 2.31. The second kappa shape index (κ2) is 5.88. The van der Waals surface area contributed by atoms with Gasteiger partial charge in [-0.3, -0.25) is 4.98 Å². The molecule has 3 nitrogen and oxygen atoms in total. The fourth-order valence-corrected chi connectivity index (χ4v) is 2.31. The van der Waals surface area contributed by atoms with E-state index in [4.69, 9.17) is 4.74 Å². The zero-order chi connectivity index (χ0) is 13.9. The fraction of sp³-hybridized carbons (Fsp3) is 0.615. The molecule has 1 fully saturated rings. The predicted octanol–water partition coefficient (Wildman–Crippen LogP) is 2.79. The van der Waals surface area contributed by atoms with Crippen molar-refractivity contribution in [2.24, 2.45) is 5.92 Å². The molecule has 2 heterocycles. The van der Waals surface area contributed by atoms with Crippen LogP contribution in [0.4, 0.5) is 13.2 Å². The van der Waals surface area contributed by atoms with Crippen LogP contribution < -0.4 is 5.32 Å². The van der Waals surface area contributed by atoms with E-state index in [0.29, 0.717) is 18.9 Å². The van der Waals surface area contributed by atoms with E-state index >= 15 is 0 Å². The van der Waals surface area contributed by atoms with E-state index in [0.717, 1.165) is 25.2 Å². The van der Waals surface area contributed by atoms with E-state index in [1.165, 1.54) is 6.07 Å². The smallest absolute Gasteiger partial charge is 0.381 e. The number of hydrogen-bond acceptors (Lipinski definition) is 3. The van der Waals surface area contributed by atoms with Crippen LogP contribution in [0.25, 0.3) is 0 Å². The first kappa shape index (κ1) is 14.3. The molecule has 106 valence electrons. The number of rotatable bonds is 4. The summed E-state index contributed by atoms with van der Waals surface area (Å²) in [6.07, 6.45) is -2.54. The van der Waals surface area contributed by atoms with Crippen molar-refractivity contribution in [2.75, 3.05) is 19.8 Å². The Kier molecular flexibility index (Phi) is 4.42. The first-order valence-electron chi connectivity index (χ1n) is 6.36. The largest absolute Gasteiger partial charge is 0.417 e. The SMILES string of the molecule is CCNC(c1ccc(C(F)(F)F)cn1)C1CCOC1. The topological polar surface area (TPSA) is 34.2 Å². The average Bonchev–Trinajstić information content (AvgIpc) is 2.89. The van der Waals surface area contributed by atoms with Crippen molar-refractivity contribution in [3.8, 4) is 0 Å². The third-order valence-corrected chi connectivity index (χ3v) is 3.29. The van der Waals surface area contributed by atoms with Gasteiger partial charge in [-0.05, 0) is 25.1 Å². The Hall–Kier alpha value is -1.14. The predicted molar refractivity (Wildman–Crippen MR) is 64.6 cm³/mol. The summed E-state index contributed by atoms with van der Waals surface area (Å²) in [5.41, 5.74) is -0.0699. The maximum Gasteiger partial charge on any atom is 0.417 e.